The summed E-state index contributed by atoms with van der Waals surface area (Å²) >= 11 is 0. The molecule has 104 valence electrons. The van der Waals surface area contributed by atoms with Gasteiger partial charge in [-0.3, -0.25) is 0 Å². The van der Waals surface area contributed by atoms with Crippen LogP contribution in [0.3, 0.4) is 0 Å². The highest BCUT2D eigenvalue weighted by Crippen LogP contribution is 2.43. The van der Waals surface area contributed by atoms with E-state index < -0.39 is 0 Å². The van der Waals surface area contributed by atoms with Crippen molar-refractivity contribution in [3.05, 3.63) is 76.9 Å². The van der Waals surface area contributed by atoms with Crippen LogP contribution in [0.5, 0.6) is 0 Å². The standard InChI is InChI=1S/C21H20/c1-14(2)17-12-19(15-7-3-4-8-15)21-11-16-9-5-6-10-18(16)20(21)13-17/h3-7,9-10,12-14H,8,11H2,1-2H3. The number of hydrogen-bond acceptors (Lipinski definition) is 0. The van der Waals surface area contributed by atoms with E-state index in [2.05, 4.69) is 68.5 Å². The van der Waals surface area contributed by atoms with Crippen molar-refractivity contribution in [3.8, 4) is 11.1 Å². The molecule has 2 aliphatic rings. The smallest absolute Gasteiger partial charge is 0.000740 e. The second-order valence-corrected chi connectivity index (χ2v) is 6.41. The summed E-state index contributed by atoms with van der Waals surface area (Å²) in [4.78, 5) is 0. The van der Waals surface area contributed by atoms with Gasteiger partial charge in [0.1, 0.15) is 0 Å². The first-order valence-corrected chi connectivity index (χ1v) is 7.85. The lowest BCUT2D eigenvalue weighted by molar-refractivity contribution is 0.865. The fourth-order valence-corrected chi connectivity index (χ4v) is 3.52. The van der Waals surface area contributed by atoms with Crippen LogP contribution in [0.1, 0.15) is 48.4 Å². The van der Waals surface area contributed by atoms with E-state index in [0.29, 0.717) is 5.92 Å². The molecule has 2 aliphatic carbocycles. The van der Waals surface area contributed by atoms with Crippen LogP contribution in [0.15, 0.2) is 54.6 Å². The summed E-state index contributed by atoms with van der Waals surface area (Å²) in [5.74, 6) is 0.566. The van der Waals surface area contributed by atoms with Gasteiger partial charge in [-0.15, -0.1) is 0 Å². The minimum atomic E-state index is 0.566. The van der Waals surface area contributed by atoms with Gasteiger partial charge in [-0.1, -0.05) is 68.5 Å². The van der Waals surface area contributed by atoms with E-state index in [4.69, 9.17) is 0 Å². The first-order chi connectivity index (χ1) is 10.2. The van der Waals surface area contributed by atoms with Gasteiger partial charge in [0.15, 0.2) is 0 Å². The summed E-state index contributed by atoms with van der Waals surface area (Å²) in [6.45, 7) is 4.57. The van der Waals surface area contributed by atoms with Crippen molar-refractivity contribution in [2.75, 3.05) is 0 Å². The van der Waals surface area contributed by atoms with Crippen LogP contribution < -0.4 is 0 Å². The van der Waals surface area contributed by atoms with Gasteiger partial charge in [-0.2, -0.15) is 0 Å². The van der Waals surface area contributed by atoms with Gasteiger partial charge in [0.05, 0.1) is 0 Å². The molecule has 0 radical (unpaired) electrons. The van der Waals surface area contributed by atoms with Gasteiger partial charge < -0.3 is 0 Å². The fourth-order valence-electron chi connectivity index (χ4n) is 3.52. The summed E-state index contributed by atoms with van der Waals surface area (Å²) in [6.07, 6.45) is 8.88. The third-order valence-corrected chi connectivity index (χ3v) is 4.73. The maximum atomic E-state index is 2.42. The topological polar surface area (TPSA) is 0 Å². The Balaban J connectivity index is 1.96. The van der Waals surface area contributed by atoms with Crippen LogP contribution in [0.25, 0.3) is 16.7 Å². The van der Waals surface area contributed by atoms with E-state index in [1.165, 1.54) is 39.0 Å². The Hall–Kier alpha value is -2.08. The summed E-state index contributed by atoms with van der Waals surface area (Å²) in [6, 6.07) is 13.7. The average Bonchev–Trinajstić information content (AvgIpc) is 3.13. The molecular weight excluding hydrogens is 252 g/mol. The molecule has 0 unspecified atom stereocenters. The van der Waals surface area contributed by atoms with E-state index in [1.807, 2.05) is 0 Å². The maximum absolute atomic E-state index is 2.42. The van der Waals surface area contributed by atoms with E-state index >= 15 is 0 Å². The van der Waals surface area contributed by atoms with E-state index in [9.17, 15) is 0 Å². The molecule has 0 nitrogen and oxygen atoms in total. The van der Waals surface area contributed by atoms with Crippen molar-refractivity contribution < 1.29 is 0 Å². The summed E-state index contributed by atoms with van der Waals surface area (Å²) in [5.41, 5.74) is 10.3. The van der Waals surface area contributed by atoms with Crippen molar-refractivity contribution in [1.82, 2.24) is 0 Å². The predicted octanol–water partition coefficient (Wildman–Crippen LogP) is 5.72. The lowest BCUT2D eigenvalue weighted by Gasteiger charge is -2.15. The monoisotopic (exact) mass is 272 g/mol. The molecule has 2 aromatic carbocycles. The van der Waals surface area contributed by atoms with Crippen molar-refractivity contribution in [2.24, 2.45) is 0 Å². The Kier molecular flexibility index (Phi) is 2.85. The highest BCUT2D eigenvalue weighted by Gasteiger charge is 2.23. The molecular formula is C21H20. The third kappa shape index (κ3) is 1.98. The minimum absolute atomic E-state index is 0.566. The van der Waals surface area contributed by atoms with Gasteiger partial charge in [0, 0.05) is 0 Å². The molecule has 0 aliphatic heterocycles. The molecule has 4 rings (SSSR count). The van der Waals surface area contributed by atoms with Crippen molar-refractivity contribution in [3.63, 3.8) is 0 Å². The molecule has 0 N–H and O–H groups in total. The summed E-state index contributed by atoms with van der Waals surface area (Å²) in [7, 11) is 0. The Morgan fingerprint density at radius 1 is 0.952 bits per heavy atom. The van der Waals surface area contributed by atoms with E-state index in [-0.39, 0.29) is 0 Å². The fraction of sp³-hybridized carbons (Fsp3) is 0.238. The number of hydrogen-bond donors (Lipinski definition) is 0. The first-order valence-electron chi connectivity index (χ1n) is 7.85. The van der Waals surface area contributed by atoms with E-state index in [0.717, 1.165) is 12.8 Å². The lowest BCUT2D eigenvalue weighted by Crippen LogP contribution is -1.96. The molecule has 21 heavy (non-hydrogen) atoms. The Morgan fingerprint density at radius 2 is 1.76 bits per heavy atom. The van der Waals surface area contributed by atoms with Crippen molar-refractivity contribution in [1.29, 1.82) is 0 Å². The van der Waals surface area contributed by atoms with Gasteiger partial charge in [0.2, 0.25) is 0 Å². The number of allylic oxidation sites excluding steroid dienone is 4. The maximum Gasteiger partial charge on any atom is -0.000740 e. The average molecular weight is 272 g/mol. The SMILES string of the molecule is CC(C)c1cc(C2=CC=CC2)c2c(c1)-c1ccccc1C2. The Bertz CT molecular complexity index is 773. The van der Waals surface area contributed by atoms with Crippen LogP contribution in [-0.4, -0.2) is 0 Å². The molecule has 2 aromatic rings. The van der Waals surface area contributed by atoms with Gasteiger partial charge in [-0.25, -0.2) is 0 Å². The highest BCUT2D eigenvalue weighted by atomic mass is 14.3. The van der Waals surface area contributed by atoms with Crippen LogP contribution in [0.2, 0.25) is 0 Å². The zero-order valence-corrected chi connectivity index (χ0v) is 12.7. The molecule has 0 fully saturated rings. The summed E-state index contributed by atoms with van der Waals surface area (Å²) < 4.78 is 0. The molecule has 0 amide bonds. The number of rotatable bonds is 2. The molecule has 0 spiro atoms. The normalized spacial score (nSPS) is 15.3. The zero-order valence-electron chi connectivity index (χ0n) is 12.7. The number of benzene rings is 2. The van der Waals surface area contributed by atoms with Crippen LogP contribution in [-0.2, 0) is 6.42 Å². The van der Waals surface area contributed by atoms with Crippen LogP contribution in [0.4, 0.5) is 0 Å². The molecule has 0 bridgehead atoms. The largest absolute Gasteiger partial charge is 0.0801 e. The Labute approximate surface area is 126 Å². The van der Waals surface area contributed by atoms with Crippen LogP contribution in [0, 0.1) is 0 Å². The zero-order chi connectivity index (χ0) is 14.4. The van der Waals surface area contributed by atoms with E-state index in [1.54, 1.807) is 0 Å². The lowest BCUT2D eigenvalue weighted by atomic mass is 9.89. The highest BCUT2D eigenvalue weighted by molar-refractivity contribution is 5.85. The molecule has 0 aromatic heterocycles. The Morgan fingerprint density at radius 3 is 2.52 bits per heavy atom. The number of fused-ring (bicyclic) bond motifs is 3. The molecule has 0 saturated heterocycles. The molecule has 0 atom stereocenters. The van der Waals surface area contributed by atoms with Crippen molar-refractivity contribution in [2.45, 2.75) is 32.6 Å². The second-order valence-electron chi connectivity index (χ2n) is 6.41. The van der Waals surface area contributed by atoms with Gasteiger partial charge in [-0.05, 0) is 57.7 Å². The summed E-state index contributed by atoms with van der Waals surface area (Å²) in [5, 5.41) is 0. The predicted molar refractivity (Wildman–Crippen MR) is 90.5 cm³/mol. The molecule has 0 saturated carbocycles. The molecule has 0 heteroatoms. The molecule has 0 heterocycles. The first kappa shape index (κ1) is 12.6. The minimum Gasteiger partial charge on any atom is -0.0801 e. The third-order valence-electron chi connectivity index (χ3n) is 4.73. The van der Waals surface area contributed by atoms with Crippen LogP contribution >= 0.6 is 0 Å². The van der Waals surface area contributed by atoms with Gasteiger partial charge >= 0.3 is 0 Å². The quantitative estimate of drug-likeness (QED) is 0.559. The second kappa shape index (κ2) is 4.73. The van der Waals surface area contributed by atoms with Gasteiger partial charge in [0.25, 0.3) is 0 Å². The van der Waals surface area contributed by atoms with Crippen molar-refractivity contribution >= 4 is 5.57 Å².